The highest BCUT2D eigenvalue weighted by molar-refractivity contribution is 5.90. The zero-order chi connectivity index (χ0) is 16.8. The maximum absolute atomic E-state index is 12.4. The lowest BCUT2D eigenvalue weighted by Gasteiger charge is -2.21. The molecule has 1 aliphatic heterocycles. The van der Waals surface area contributed by atoms with Gasteiger partial charge in [-0.2, -0.15) is 0 Å². The van der Waals surface area contributed by atoms with Gasteiger partial charge in [-0.25, -0.2) is 0 Å². The van der Waals surface area contributed by atoms with E-state index in [9.17, 15) is 9.59 Å². The van der Waals surface area contributed by atoms with Gasteiger partial charge in [-0.1, -0.05) is 48.5 Å². The van der Waals surface area contributed by atoms with Gasteiger partial charge in [-0.3, -0.25) is 9.59 Å². The highest BCUT2D eigenvalue weighted by atomic mass is 16.5. The minimum Gasteiger partial charge on any atom is -0.491 e. The lowest BCUT2D eigenvalue weighted by molar-refractivity contribution is -0.126. The smallest absolute Gasteiger partial charge is 0.243 e. The first kappa shape index (κ1) is 16.1. The Morgan fingerprint density at radius 3 is 2.42 bits per heavy atom. The average Bonchev–Trinajstić information content (AvgIpc) is 3.06. The summed E-state index contributed by atoms with van der Waals surface area (Å²) in [4.78, 5) is 23.7. The molecule has 0 unspecified atom stereocenters. The average molecular weight is 324 g/mol. The summed E-state index contributed by atoms with van der Waals surface area (Å²) in [6, 6.07) is 18.4. The number of hydrogen-bond donors (Lipinski definition) is 2. The number of carbonyl (C=O) groups is 2. The molecule has 1 heterocycles. The number of ether oxygens (including phenoxy) is 1. The molecule has 24 heavy (non-hydrogen) atoms. The van der Waals surface area contributed by atoms with Crippen molar-refractivity contribution in [3.8, 4) is 5.75 Å². The first-order valence-corrected chi connectivity index (χ1v) is 8.05. The molecule has 1 aliphatic rings. The van der Waals surface area contributed by atoms with Crippen LogP contribution in [0.15, 0.2) is 60.7 Å². The minimum absolute atomic E-state index is 0.0769. The Morgan fingerprint density at radius 1 is 1.12 bits per heavy atom. The molecule has 1 fully saturated rings. The monoisotopic (exact) mass is 324 g/mol. The van der Waals surface area contributed by atoms with E-state index in [1.165, 1.54) is 0 Å². The highest BCUT2D eigenvalue weighted by Crippen LogP contribution is 2.17. The van der Waals surface area contributed by atoms with E-state index in [-0.39, 0.29) is 17.9 Å². The largest absolute Gasteiger partial charge is 0.491 e. The molecule has 5 heteroatoms. The van der Waals surface area contributed by atoms with E-state index in [2.05, 4.69) is 10.6 Å². The van der Waals surface area contributed by atoms with Crippen molar-refractivity contribution in [2.45, 2.75) is 24.9 Å². The predicted octanol–water partition coefficient (Wildman–Crippen LogP) is 2.20. The molecule has 0 bridgehead atoms. The molecule has 2 N–H and O–H groups in total. The van der Waals surface area contributed by atoms with Gasteiger partial charge in [-0.05, 0) is 24.1 Å². The van der Waals surface area contributed by atoms with Crippen LogP contribution in [0.25, 0.3) is 0 Å². The first-order chi connectivity index (χ1) is 11.7. The Kier molecular flexibility index (Phi) is 5.11. The van der Waals surface area contributed by atoms with Crippen LogP contribution in [0, 0.1) is 0 Å². The molecular weight excluding hydrogens is 304 g/mol. The molecule has 2 amide bonds. The zero-order valence-corrected chi connectivity index (χ0v) is 13.3. The number of nitrogens with one attached hydrogen (secondary N) is 2. The van der Waals surface area contributed by atoms with Gasteiger partial charge in [-0.15, -0.1) is 0 Å². The van der Waals surface area contributed by atoms with Crippen molar-refractivity contribution in [1.82, 2.24) is 10.6 Å². The van der Waals surface area contributed by atoms with Crippen LogP contribution in [0.1, 0.15) is 24.4 Å². The molecule has 0 spiro atoms. The van der Waals surface area contributed by atoms with Crippen LogP contribution in [-0.2, 0) is 9.59 Å². The number of para-hydroxylation sites is 1. The van der Waals surface area contributed by atoms with E-state index in [1.807, 2.05) is 60.7 Å². The lowest BCUT2D eigenvalue weighted by atomic mass is 10.1. The van der Waals surface area contributed by atoms with Crippen molar-refractivity contribution in [3.05, 3.63) is 66.2 Å². The van der Waals surface area contributed by atoms with Gasteiger partial charge in [0.15, 0.2) is 0 Å². The third-order valence-corrected chi connectivity index (χ3v) is 3.99. The quantitative estimate of drug-likeness (QED) is 0.856. The zero-order valence-electron chi connectivity index (χ0n) is 13.3. The van der Waals surface area contributed by atoms with E-state index in [0.29, 0.717) is 19.4 Å². The van der Waals surface area contributed by atoms with Gasteiger partial charge in [0.2, 0.25) is 11.8 Å². The summed E-state index contributed by atoms with van der Waals surface area (Å²) in [5.41, 5.74) is 0.964. The van der Waals surface area contributed by atoms with E-state index in [0.717, 1.165) is 11.3 Å². The summed E-state index contributed by atoms with van der Waals surface area (Å²) < 4.78 is 5.81. The Morgan fingerprint density at radius 2 is 1.79 bits per heavy atom. The number of hydrogen-bond acceptors (Lipinski definition) is 3. The second kappa shape index (κ2) is 7.64. The highest BCUT2D eigenvalue weighted by Gasteiger charge is 2.29. The number of amides is 2. The molecule has 0 radical (unpaired) electrons. The fourth-order valence-corrected chi connectivity index (χ4v) is 2.69. The van der Waals surface area contributed by atoms with Gasteiger partial charge < -0.3 is 15.4 Å². The fraction of sp³-hybridized carbons (Fsp3) is 0.263. The molecule has 124 valence electrons. The molecule has 3 rings (SSSR count). The van der Waals surface area contributed by atoms with Crippen molar-refractivity contribution in [2.75, 3.05) is 6.61 Å². The normalized spacial score (nSPS) is 17.8. The van der Waals surface area contributed by atoms with Crippen molar-refractivity contribution in [1.29, 1.82) is 0 Å². The molecular formula is C19H20N2O3. The Hall–Kier alpha value is -2.82. The maximum Gasteiger partial charge on any atom is 0.243 e. The number of rotatable bonds is 6. The summed E-state index contributed by atoms with van der Waals surface area (Å²) in [5, 5.41) is 5.68. The second-order valence-corrected chi connectivity index (χ2v) is 5.75. The topological polar surface area (TPSA) is 67.4 Å². The van der Waals surface area contributed by atoms with Crippen LogP contribution >= 0.6 is 0 Å². The minimum atomic E-state index is -0.458. The van der Waals surface area contributed by atoms with Crippen molar-refractivity contribution in [2.24, 2.45) is 0 Å². The molecule has 1 saturated heterocycles. The summed E-state index contributed by atoms with van der Waals surface area (Å²) in [6.07, 6.45) is 0.931. The van der Waals surface area contributed by atoms with Crippen LogP contribution in [0.5, 0.6) is 5.75 Å². The summed E-state index contributed by atoms with van der Waals surface area (Å²) in [5.74, 6) is 0.500. The molecule has 2 aromatic carbocycles. The molecule has 2 aromatic rings. The van der Waals surface area contributed by atoms with Crippen molar-refractivity contribution in [3.63, 3.8) is 0 Å². The Balaban J connectivity index is 1.68. The van der Waals surface area contributed by atoms with Gasteiger partial charge in [0.1, 0.15) is 18.4 Å². The summed E-state index contributed by atoms with van der Waals surface area (Å²) in [7, 11) is 0. The number of carbonyl (C=O) groups excluding carboxylic acids is 2. The Bertz CT molecular complexity index is 688. The first-order valence-electron chi connectivity index (χ1n) is 8.05. The van der Waals surface area contributed by atoms with E-state index < -0.39 is 6.04 Å². The van der Waals surface area contributed by atoms with Crippen LogP contribution in [0.3, 0.4) is 0 Å². The maximum atomic E-state index is 12.4. The van der Waals surface area contributed by atoms with Crippen LogP contribution in [-0.4, -0.2) is 24.5 Å². The van der Waals surface area contributed by atoms with E-state index >= 15 is 0 Å². The third-order valence-electron chi connectivity index (χ3n) is 3.99. The molecule has 0 aromatic heterocycles. The molecule has 0 aliphatic carbocycles. The van der Waals surface area contributed by atoms with E-state index in [1.54, 1.807) is 0 Å². The SMILES string of the molecule is O=C1CC[C@@H](C(=O)N[C@H](COc2ccccc2)c2ccccc2)N1. The molecule has 0 saturated carbocycles. The fourth-order valence-electron chi connectivity index (χ4n) is 2.69. The summed E-state index contributed by atoms with van der Waals surface area (Å²) >= 11 is 0. The Labute approximate surface area is 141 Å². The lowest BCUT2D eigenvalue weighted by Crippen LogP contribution is -2.44. The van der Waals surface area contributed by atoms with Crippen molar-refractivity contribution >= 4 is 11.8 Å². The van der Waals surface area contributed by atoms with Crippen LogP contribution in [0.2, 0.25) is 0 Å². The molecule has 2 atom stereocenters. The van der Waals surface area contributed by atoms with Gasteiger partial charge in [0.05, 0.1) is 6.04 Å². The molecule has 5 nitrogen and oxygen atoms in total. The van der Waals surface area contributed by atoms with E-state index in [4.69, 9.17) is 4.74 Å². The van der Waals surface area contributed by atoms with Crippen molar-refractivity contribution < 1.29 is 14.3 Å². The summed E-state index contributed by atoms with van der Waals surface area (Å²) in [6.45, 7) is 0.320. The number of benzene rings is 2. The third kappa shape index (κ3) is 4.13. The van der Waals surface area contributed by atoms with Crippen LogP contribution < -0.4 is 15.4 Å². The van der Waals surface area contributed by atoms with Crippen LogP contribution in [0.4, 0.5) is 0 Å². The standard InChI is InChI=1S/C19H20N2O3/c22-18-12-11-16(20-18)19(23)21-17(14-7-3-1-4-8-14)13-24-15-9-5-2-6-10-15/h1-10,16-17H,11-13H2,(H,20,22)(H,21,23)/t16-,17+/m0/s1. The predicted molar refractivity (Wildman–Crippen MR) is 90.4 cm³/mol. The van der Waals surface area contributed by atoms with Gasteiger partial charge in [0, 0.05) is 6.42 Å². The van der Waals surface area contributed by atoms with Gasteiger partial charge in [0.25, 0.3) is 0 Å². The second-order valence-electron chi connectivity index (χ2n) is 5.75. The van der Waals surface area contributed by atoms with Gasteiger partial charge >= 0.3 is 0 Å².